The fraction of sp³-hybridized carbons (Fsp3) is 0.417. The molecule has 0 saturated carbocycles. The summed E-state index contributed by atoms with van der Waals surface area (Å²) in [6.45, 7) is 3.84. The first-order valence-corrected chi connectivity index (χ1v) is 7.87. The molecule has 1 rings (SSSR count). The Balaban J connectivity index is 3.01. The Morgan fingerprint density at radius 2 is 2.00 bits per heavy atom. The second kappa shape index (κ2) is 6.92. The second-order valence-corrected chi connectivity index (χ2v) is 6.71. The van der Waals surface area contributed by atoms with Crippen LogP contribution in [0, 0.1) is 5.92 Å². The number of halogens is 1. The van der Waals surface area contributed by atoms with Crippen molar-refractivity contribution in [2.75, 3.05) is 13.1 Å². The van der Waals surface area contributed by atoms with E-state index < -0.39 is 10.0 Å². The van der Waals surface area contributed by atoms with Crippen LogP contribution in [0.25, 0.3) is 0 Å². The lowest BCUT2D eigenvalue weighted by Crippen LogP contribution is -2.38. The molecule has 0 fully saturated rings. The Bertz CT molecular complexity index is 572. The first kappa shape index (κ1) is 16.7. The number of nitrogens with two attached hydrogens (primary N) is 1. The van der Waals surface area contributed by atoms with E-state index in [1.165, 1.54) is 28.6 Å². The van der Waals surface area contributed by atoms with E-state index in [9.17, 15) is 8.42 Å². The zero-order chi connectivity index (χ0) is 15.3. The van der Waals surface area contributed by atoms with Crippen LogP contribution in [0.2, 0.25) is 5.02 Å². The van der Waals surface area contributed by atoms with Gasteiger partial charge in [0.15, 0.2) is 0 Å². The molecule has 0 aliphatic heterocycles. The van der Waals surface area contributed by atoms with E-state index in [0.717, 1.165) is 0 Å². The van der Waals surface area contributed by atoms with Crippen LogP contribution < -0.4 is 5.73 Å². The molecule has 0 spiro atoms. The normalized spacial score (nSPS) is 14.5. The van der Waals surface area contributed by atoms with E-state index in [1.807, 2.05) is 0 Å². The van der Waals surface area contributed by atoms with Crippen molar-refractivity contribution in [3.05, 3.63) is 29.3 Å². The summed E-state index contributed by atoms with van der Waals surface area (Å²) in [6, 6.07) is 5.95. The molecule has 1 unspecified atom stereocenters. The number of oxime groups is 1. The summed E-state index contributed by atoms with van der Waals surface area (Å²) in [6.07, 6.45) is 0. The average Bonchev–Trinajstić information content (AvgIpc) is 2.43. The number of hydrogen-bond donors (Lipinski definition) is 2. The molecule has 0 aromatic heterocycles. The third-order valence-corrected chi connectivity index (χ3v) is 5.11. The molecular weight excluding hydrogens is 302 g/mol. The summed E-state index contributed by atoms with van der Waals surface area (Å²) >= 11 is 5.75. The van der Waals surface area contributed by atoms with Gasteiger partial charge < -0.3 is 10.9 Å². The van der Waals surface area contributed by atoms with Gasteiger partial charge in [0.25, 0.3) is 0 Å². The molecule has 6 nitrogen and oxygen atoms in total. The molecule has 20 heavy (non-hydrogen) atoms. The van der Waals surface area contributed by atoms with Gasteiger partial charge in [-0.2, -0.15) is 4.31 Å². The zero-order valence-corrected chi connectivity index (χ0v) is 12.9. The highest BCUT2D eigenvalue weighted by molar-refractivity contribution is 7.89. The van der Waals surface area contributed by atoms with Gasteiger partial charge >= 0.3 is 0 Å². The van der Waals surface area contributed by atoms with E-state index in [4.69, 9.17) is 22.5 Å². The van der Waals surface area contributed by atoms with E-state index in [2.05, 4.69) is 5.16 Å². The Morgan fingerprint density at radius 1 is 1.45 bits per heavy atom. The van der Waals surface area contributed by atoms with E-state index in [1.54, 1.807) is 13.8 Å². The van der Waals surface area contributed by atoms with Crippen molar-refractivity contribution in [1.82, 2.24) is 4.31 Å². The summed E-state index contributed by atoms with van der Waals surface area (Å²) in [7, 11) is -3.62. The summed E-state index contributed by atoms with van der Waals surface area (Å²) in [5, 5.41) is 12.0. The molecule has 1 aromatic carbocycles. The number of nitrogens with zero attached hydrogens (tertiary/aromatic N) is 2. The lowest BCUT2D eigenvalue weighted by molar-refractivity contribution is 0.311. The van der Waals surface area contributed by atoms with E-state index in [0.29, 0.717) is 5.02 Å². The molecule has 0 amide bonds. The van der Waals surface area contributed by atoms with Crippen LogP contribution in [-0.4, -0.2) is 36.9 Å². The van der Waals surface area contributed by atoms with Gasteiger partial charge in [-0.3, -0.25) is 0 Å². The highest BCUT2D eigenvalue weighted by Crippen LogP contribution is 2.19. The Kier molecular flexibility index (Phi) is 5.79. The van der Waals surface area contributed by atoms with Crippen LogP contribution in [0.5, 0.6) is 0 Å². The summed E-state index contributed by atoms with van der Waals surface area (Å²) in [5.74, 6) is -0.392. The number of benzene rings is 1. The summed E-state index contributed by atoms with van der Waals surface area (Å²) in [4.78, 5) is 0.162. The molecule has 8 heteroatoms. The average molecular weight is 320 g/mol. The monoisotopic (exact) mass is 319 g/mol. The molecule has 0 aliphatic rings. The summed E-state index contributed by atoms with van der Waals surface area (Å²) in [5.41, 5.74) is 5.48. The van der Waals surface area contributed by atoms with Gasteiger partial charge in [-0.25, -0.2) is 8.42 Å². The van der Waals surface area contributed by atoms with Crippen molar-refractivity contribution >= 4 is 27.5 Å². The fourth-order valence-corrected chi connectivity index (χ4v) is 3.31. The number of sulfonamides is 1. The van der Waals surface area contributed by atoms with E-state index in [-0.39, 0.29) is 29.7 Å². The smallest absolute Gasteiger partial charge is 0.243 e. The van der Waals surface area contributed by atoms with Crippen molar-refractivity contribution in [3.8, 4) is 0 Å². The minimum Gasteiger partial charge on any atom is -0.409 e. The predicted octanol–water partition coefficient (Wildman–Crippen LogP) is 1.73. The zero-order valence-electron chi connectivity index (χ0n) is 11.3. The third-order valence-electron chi connectivity index (χ3n) is 2.90. The van der Waals surface area contributed by atoms with Gasteiger partial charge in [0.05, 0.1) is 4.90 Å². The summed E-state index contributed by atoms with van der Waals surface area (Å²) < 4.78 is 26.2. The molecule has 0 bridgehead atoms. The molecule has 0 saturated heterocycles. The first-order valence-electron chi connectivity index (χ1n) is 6.06. The first-order chi connectivity index (χ1) is 9.32. The van der Waals surface area contributed by atoms with Crippen LogP contribution in [0.1, 0.15) is 13.8 Å². The molecule has 1 aromatic rings. The van der Waals surface area contributed by atoms with Crippen LogP contribution in [0.3, 0.4) is 0 Å². The molecule has 1 atom stereocenters. The predicted molar refractivity (Wildman–Crippen MR) is 78.5 cm³/mol. The SMILES string of the molecule is CCN(CC(C)C(N)=NO)S(=O)(=O)c1ccc(Cl)cc1. The van der Waals surface area contributed by atoms with Gasteiger partial charge in [0, 0.05) is 24.0 Å². The largest absolute Gasteiger partial charge is 0.409 e. The number of rotatable bonds is 6. The number of hydrogen-bond acceptors (Lipinski definition) is 4. The van der Waals surface area contributed by atoms with Crippen molar-refractivity contribution < 1.29 is 13.6 Å². The quantitative estimate of drug-likeness (QED) is 0.361. The molecule has 0 radical (unpaired) electrons. The van der Waals surface area contributed by atoms with Crippen LogP contribution in [0.15, 0.2) is 34.3 Å². The Morgan fingerprint density at radius 3 is 2.45 bits per heavy atom. The second-order valence-electron chi connectivity index (χ2n) is 4.34. The third kappa shape index (κ3) is 3.84. The van der Waals surface area contributed by atoms with Crippen molar-refractivity contribution in [2.45, 2.75) is 18.7 Å². The van der Waals surface area contributed by atoms with Crippen molar-refractivity contribution in [3.63, 3.8) is 0 Å². The van der Waals surface area contributed by atoms with Gasteiger partial charge in [-0.05, 0) is 24.3 Å². The minimum atomic E-state index is -3.62. The van der Waals surface area contributed by atoms with E-state index >= 15 is 0 Å². The maximum atomic E-state index is 12.5. The fourth-order valence-electron chi connectivity index (χ4n) is 1.65. The highest BCUT2D eigenvalue weighted by atomic mass is 35.5. The number of amidine groups is 1. The maximum Gasteiger partial charge on any atom is 0.243 e. The Hall–Kier alpha value is -1.31. The lowest BCUT2D eigenvalue weighted by atomic mass is 10.1. The molecule has 112 valence electrons. The maximum absolute atomic E-state index is 12.5. The highest BCUT2D eigenvalue weighted by Gasteiger charge is 2.25. The van der Waals surface area contributed by atoms with Gasteiger partial charge in [0.2, 0.25) is 10.0 Å². The minimum absolute atomic E-state index is 0.00486. The molecular formula is C12H18ClN3O3S. The van der Waals surface area contributed by atoms with Crippen molar-refractivity contribution in [2.24, 2.45) is 16.8 Å². The van der Waals surface area contributed by atoms with Gasteiger partial charge in [0.1, 0.15) is 5.84 Å². The molecule has 0 aliphatic carbocycles. The Labute approximate surface area is 123 Å². The lowest BCUT2D eigenvalue weighted by Gasteiger charge is -2.23. The van der Waals surface area contributed by atoms with Crippen LogP contribution >= 0.6 is 11.6 Å². The van der Waals surface area contributed by atoms with Gasteiger partial charge in [-0.1, -0.05) is 30.6 Å². The van der Waals surface area contributed by atoms with Crippen LogP contribution in [0.4, 0.5) is 0 Å². The van der Waals surface area contributed by atoms with Crippen molar-refractivity contribution in [1.29, 1.82) is 0 Å². The van der Waals surface area contributed by atoms with Crippen LogP contribution in [-0.2, 0) is 10.0 Å². The standard InChI is InChI=1S/C12H18ClN3O3S/c1-3-16(8-9(2)12(14)15-17)20(18,19)11-6-4-10(13)5-7-11/h4-7,9,17H,3,8H2,1-2H3,(H2,14,15). The molecule has 0 heterocycles. The molecule has 3 N–H and O–H groups in total. The van der Waals surface area contributed by atoms with Gasteiger partial charge in [-0.15, -0.1) is 0 Å². The topological polar surface area (TPSA) is 96.0 Å².